The lowest BCUT2D eigenvalue weighted by atomic mass is 10.1. The fraction of sp³-hybridized carbons (Fsp3) is 0.350. The molecule has 2 aromatic heterocycles. The number of aryl methyl sites for hydroxylation is 1. The minimum Gasteiger partial charge on any atom is -0.349 e. The molecule has 0 aliphatic carbocycles. The third-order valence-electron chi connectivity index (χ3n) is 4.83. The van der Waals surface area contributed by atoms with E-state index in [2.05, 4.69) is 20.1 Å². The second-order valence-corrected chi connectivity index (χ2v) is 6.71. The zero-order valence-corrected chi connectivity index (χ0v) is 14.8. The molecular formula is C20H23N5O. The number of benzene rings is 1. The lowest BCUT2D eigenvalue weighted by Crippen LogP contribution is -2.26. The molecule has 6 heteroatoms. The highest BCUT2D eigenvalue weighted by molar-refractivity contribution is 5.78. The Bertz CT molecular complexity index is 864. The van der Waals surface area contributed by atoms with Gasteiger partial charge in [0, 0.05) is 31.0 Å². The Balaban J connectivity index is 1.34. The van der Waals surface area contributed by atoms with Crippen molar-refractivity contribution in [2.75, 3.05) is 0 Å². The molecule has 0 spiro atoms. The second kappa shape index (κ2) is 7.56. The van der Waals surface area contributed by atoms with Gasteiger partial charge in [-0.2, -0.15) is 0 Å². The van der Waals surface area contributed by atoms with Crippen LogP contribution in [0.25, 0.3) is 5.69 Å². The minimum absolute atomic E-state index is 0.00434. The van der Waals surface area contributed by atoms with Crippen LogP contribution in [0.2, 0.25) is 0 Å². The van der Waals surface area contributed by atoms with Gasteiger partial charge in [-0.05, 0) is 42.7 Å². The van der Waals surface area contributed by atoms with E-state index in [1.165, 1.54) is 12.8 Å². The summed E-state index contributed by atoms with van der Waals surface area (Å²) in [6, 6.07) is 12.0. The van der Waals surface area contributed by atoms with Crippen molar-refractivity contribution in [2.24, 2.45) is 0 Å². The fourth-order valence-corrected chi connectivity index (χ4v) is 3.39. The summed E-state index contributed by atoms with van der Waals surface area (Å²) in [6.07, 6.45) is 8.91. The molecule has 1 aliphatic rings. The van der Waals surface area contributed by atoms with Crippen LogP contribution in [0.15, 0.2) is 48.8 Å². The van der Waals surface area contributed by atoms with Crippen molar-refractivity contribution in [1.82, 2.24) is 24.6 Å². The third kappa shape index (κ3) is 3.69. The number of aromatic nitrogens is 4. The summed E-state index contributed by atoms with van der Waals surface area (Å²) < 4.78 is 4.21. The van der Waals surface area contributed by atoms with Crippen molar-refractivity contribution in [3.05, 3.63) is 66.0 Å². The molecule has 1 N–H and O–H groups in total. The summed E-state index contributed by atoms with van der Waals surface area (Å²) in [5.41, 5.74) is 2.09. The Morgan fingerprint density at radius 3 is 2.65 bits per heavy atom. The number of hydrogen-bond acceptors (Lipinski definition) is 3. The Hall–Kier alpha value is -2.89. The van der Waals surface area contributed by atoms with E-state index in [4.69, 9.17) is 0 Å². The van der Waals surface area contributed by atoms with Crippen LogP contribution in [0.1, 0.15) is 36.5 Å². The van der Waals surface area contributed by atoms with Crippen LogP contribution in [-0.4, -0.2) is 25.2 Å². The topological polar surface area (TPSA) is 64.7 Å². The third-order valence-corrected chi connectivity index (χ3v) is 4.83. The maximum absolute atomic E-state index is 12.3. The van der Waals surface area contributed by atoms with Gasteiger partial charge in [0.2, 0.25) is 5.91 Å². The average molecular weight is 349 g/mol. The van der Waals surface area contributed by atoms with Gasteiger partial charge in [-0.3, -0.25) is 4.79 Å². The number of hydrogen-bond donors (Lipinski definition) is 1. The van der Waals surface area contributed by atoms with Crippen LogP contribution >= 0.6 is 0 Å². The molecule has 0 saturated heterocycles. The summed E-state index contributed by atoms with van der Waals surface area (Å²) in [4.78, 5) is 12.3. The van der Waals surface area contributed by atoms with Crippen LogP contribution in [-0.2, 0) is 30.7 Å². The van der Waals surface area contributed by atoms with Crippen LogP contribution in [0, 0.1) is 0 Å². The number of nitrogens with one attached hydrogen (secondary N) is 1. The van der Waals surface area contributed by atoms with Gasteiger partial charge in [0.05, 0.1) is 13.0 Å². The molecule has 0 atom stereocenters. The first-order valence-electron chi connectivity index (χ1n) is 9.19. The SMILES string of the molecule is O=C(Cc1ccc(-n2cccc2)cc1)NCc1nnc2n1CCCCC2. The van der Waals surface area contributed by atoms with Crippen LogP contribution in [0.4, 0.5) is 0 Å². The molecule has 26 heavy (non-hydrogen) atoms. The van der Waals surface area contributed by atoms with Crippen LogP contribution in [0.5, 0.6) is 0 Å². The van der Waals surface area contributed by atoms with Gasteiger partial charge in [-0.1, -0.05) is 18.6 Å². The molecule has 0 fully saturated rings. The summed E-state index contributed by atoms with van der Waals surface area (Å²) in [5, 5.41) is 11.5. The van der Waals surface area contributed by atoms with Gasteiger partial charge < -0.3 is 14.5 Å². The first kappa shape index (κ1) is 16.6. The minimum atomic E-state index is 0.00434. The lowest BCUT2D eigenvalue weighted by molar-refractivity contribution is -0.120. The molecule has 0 saturated carbocycles. The Kier molecular flexibility index (Phi) is 4.82. The first-order chi connectivity index (χ1) is 12.8. The van der Waals surface area contributed by atoms with Crippen molar-refractivity contribution >= 4 is 5.91 Å². The van der Waals surface area contributed by atoms with E-state index in [0.717, 1.165) is 42.3 Å². The van der Waals surface area contributed by atoms with Gasteiger partial charge in [-0.25, -0.2) is 0 Å². The summed E-state index contributed by atoms with van der Waals surface area (Å²) in [6.45, 7) is 1.39. The van der Waals surface area contributed by atoms with Gasteiger partial charge in [0.25, 0.3) is 0 Å². The summed E-state index contributed by atoms with van der Waals surface area (Å²) >= 11 is 0. The summed E-state index contributed by atoms with van der Waals surface area (Å²) in [5.74, 6) is 1.91. The summed E-state index contributed by atoms with van der Waals surface area (Å²) in [7, 11) is 0. The normalized spacial score (nSPS) is 13.8. The fourth-order valence-electron chi connectivity index (χ4n) is 3.39. The van der Waals surface area contributed by atoms with E-state index in [-0.39, 0.29) is 5.91 Å². The molecule has 1 aliphatic heterocycles. The quantitative estimate of drug-likeness (QED) is 0.770. The van der Waals surface area contributed by atoms with E-state index in [9.17, 15) is 4.79 Å². The van der Waals surface area contributed by atoms with Crippen molar-refractivity contribution in [2.45, 2.75) is 45.2 Å². The highest BCUT2D eigenvalue weighted by atomic mass is 16.1. The standard InChI is InChI=1S/C20H23N5O/c26-20(14-16-7-9-17(10-8-16)24-11-4-5-12-24)21-15-19-23-22-18-6-2-1-3-13-25(18)19/h4-5,7-12H,1-3,6,13-15H2,(H,21,26). The number of carbonyl (C=O) groups is 1. The van der Waals surface area contributed by atoms with Gasteiger partial charge >= 0.3 is 0 Å². The largest absolute Gasteiger partial charge is 0.349 e. The van der Waals surface area contributed by atoms with Gasteiger partial charge in [0.1, 0.15) is 5.82 Å². The highest BCUT2D eigenvalue weighted by Gasteiger charge is 2.15. The predicted octanol–water partition coefficient (Wildman–Crippen LogP) is 2.65. The Morgan fingerprint density at radius 2 is 1.85 bits per heavy atom. The molecule has 1 aromatic carbocycles. The first-order valence-corrected chi connectivity index (χ1v) is 9.19. The monoisotopic (exact) mass is 349 g/mol. The maximum atomic E-state index is 12.3. The van der Waals surface area contributed by atoms with Crippen LogP contribution < -0.4 is 5.32 Å². The van der Waals surface area contributed by atoms with E-state index in [1.54, 1.807) is 0 Å². The van der Waals surface area contributed by atoms with E-state index in [1.807, 2.05) is 53.4 Å². The zero-order chi connectivity index (χ0) is 17.8. The molecule has 1 amide bonds. The number of nitrogens with zero attached hydrogens (tertiary/aromatic N) is 4. The molecule has 6 nitrogen and oxygen atoms in total. The smallest absolute Gasteiger partial charge is 0.224 e. The molecule has 0 radical (unpaired) electrons. The van der Waals surface area contributed by atoms with Crippen molar-refractivity contribution in [1.29, 1.82) is 0 Å². The van der Waals surface area contributed by atoms with Crippen molar-refractivity contribution in [3.63, 3.8) is 0 Å². The number of carbonyl (C=O) groups excluding carboxylic acids is 1. The molecule has 134 valence electrons. The van der Waals surface area contributed by atoms with Gasteiger partial charge in [-0.15, -0.1) is 10.2 Å². The van der Waals surface area contributed by atoms with E-state index >= 15 is 0 Å². The lowest BCUT2D eigenvalue weighted by Gasteiger charge is -2.09. The van der Waals surface area contributed by atoms with Crippen molar-refractivity contribution in [3.8, 4) is 5.69 Å². The Labute approximate surface area is 152 Å². The van der Waals surface area contributed by atoms with E-state index in [0.29, 0.717) is 13.0 Å². The highest BCUT2D eigenvalue weighted by Crippen LogP contribution is 2.14. The molecular weight excluding hydrogens is 326 g/mol. The average Bonchev–Trinajstić information content (AvgIpc) is 3.26. The maximum Gasteiger partial charge on any atom is 0.224 e. The molecule has 3 aromatic rings. The Morgan fingerprint density at radius 1 is 1.04 bits per heavy atom. The number of amides is 1. The molecule has 0 bridgehead atoms. The predicted molar refractivity (Wildman–Crippen MR) is 98.9 cm³/mol. The zero-order valence-electron chi connectivity index (χ0n) is 14.8. The molecule has 4 rings (SSSR count). The molecule has 0 unspecified atom stereocenters. The van der Waals surface area contributed by atoms with E-state index < -0.39 is 0 Å². The number of rotatable bonds is 5. The van der Waals surface area contributed by atoms with Crippen molar-refractivity contribution < 1.29 is 4.79 Å². The number of fused-ring (bicyclic) bond motifs is 1. The van der Waals surface area contributed by atoms with Crippen LogP contribution in [0.3, 0.4) is 0 Å². The molecule has 3 heterocycles. The second-order valence-electron chi connectivity index (χ2n) is 6.71. The van der Waals surface area contributed by atoms with Gasteiger partial charge in [0.15, 0.2) is 5.82 Å².